The van der Waals surface area contributed by atoms with E-state index in [2.05, 4.69) is 28.9 Å². The predicted molar refractivity (Wildman–Crippen MR) is 62.3 cm³/mol. The van der Waals surface area contributed by atoms with Crippen LogP contribution in [0.4, 0.5) is 0 Å². The maximum atomic E-state index is 6.31. The summed E-state index contributed by atoms with van der Waals surface area (Å²) in [7, 11) is 0. The van der Waals surface area contributed by atoms with E-state index >= 15 is 0 Å². The molecule has 1 saturated heterocycles. The van der Waals surface area contributed by atoms with E-state index in [1.807, 2.05) is 6.92 Å². The second-order valence-electron chi connectivity index (χ2n) is 4.47. The van der Waals surface area contributed by atoms with Crippen LogP contribution in [0.3, 0.4) is 0 Å². The molecule has 15 heavy (non-hydrogen) atoms. The highest BCUT2D eigenvalue weighted by molar-refractivity contribution is 6.31. The fourth-order valence-corrected chi connectivity index (χ4v) is 2.43. The van der Waals surface area contributed by atoms with Crippen LogP contribution >= 0.6 is 11.6 Å². The van der Waals surface area contributed by atoms with Crippen molar-refractivity contribution >= 4 is 11.6 Å². The molecular weight excluding hydrogens is 210 g/mol. The topological polar surface area (TPSA) is 29.9 Å². The molecule has 3 nitrogen and oxygen atoms in total. The van der Waals surface area contributed by atoms with Gasteiger partial charge in [0.25, 0.3) is 0 Å². The number of rotatable bonds is 2. The summed E-state index contributed by atoms with van der Waals surface area (Å²) in [5.74, 6) is 0. The van der Waals surface area contributed by atoms with E-state index in [0.29, 0.717) is 12.1 Å². The Balaban J connectivity index is 2.42. The fraction of sp³-hybridized carbons (Fsp3) is 0.727. The molecule has 84 valence electrons. The van der Waals surface area contributed by atoms with Gasteiger partial charge in [-0.2, -0.15) is 5.10 Å². The zero-order chi connectivity index (χ0) is 11.0. The lowest BCUT2D eigenvalue weighted by Gasteiger charge is -2.16. The van der Waals surface area contributed by atoms with Gasteiger partial charge in [-0.3, -0.25) is 4.68 Å². The van der Waals surface area contributed by atoms with Crippen molar-refractivity contribution in [3.05, 3.63) is 16.4 Å². The Kier molecular flexibility index (Phi) is 3.03. The lowest BCUT2D eigenvalue weighted by molar-refractivity contribution is 0.471. The molecule has 0 amide bonds. The normalized spacial score (nSPS) is 21.5. The third-order valence-electron chi connectivity index (χ3n) is 2.93. The van der Waals surface area contributed by atoms with Crippen LogP contribution in [0.15, 0.2) is 0 Å². The van der Waals surface area contributed by atoms with Gasteiger partial charge in [-0.05, 0) is 40.2 Å². The molecule has 1 N–H and O–H groups in total. The van der Waals surface area contributed by atoms with Crippen molar-refractivity contribution in [1.29, 1.82) is 0 Å². The van der Waals surface area contributed by atoms with Crippen LogP contribution in [-0.2, 0) is 0 Å². The summed E-state index contributed by atoms with van der Waals surface area (Å²) < 4.78 is 2.06. The van der Waals surface area contributed by atoms with Crippen LogP contribution in [-0.4, -0.2) is 16.3 Å². The minimum absolute atomic E-state index is 0.369. The quantitative estimate of drug-likeness (QED) is 0.842. The van der Waals surface area contributed by atoms with Gasteiger partial charge in [0, 0.05) is 6.04 Å². The Morgan fingerprint density at radius 1 is 1.53 bits per heavy atom. The van der Waals surface area contributed by atoms with Crippen LogP contribution in [0, 0.1) is 6.92 Å². The molecule has 1 atom stereocenters. The molecule has 1 aromatic heterocycles. The molecule has 2 heterocycles. The van der Waals surface area contributed by atoms with Crippen LogP contribution < -0.4 is 5.32 Å². The van der Waals surface area contributed by atoms with Crippen molar-refractivity contribution in [2.45, 2.75) is 45.7 Å². The predicted octanol–water partition coefficient (Wildman–Crippen LogP) is 2.85. The average Bonchev–Trinajstić information content (AvgIpc) is 2.76. The summed E-state index contributed by atoms with van der Waals surface area (Å²) >= 11 is 6.31. The highest BCUT2D eigenvalue weighted by Crippen LogP contribution is 2.32. The van der Waals surface area contributed by atoms with Gasteiger partial charge in [0.05, 0.1) is 22.5 Å². The van der Waals surface area contributed by atoms with Crippen LogP contribution in [0.1, 0.15) is 50.2 Å². The molecule has 1 aliphatic heterocycles. The van der Waals surface area contributed by atoms with E-state index in [-0.39, 0.29) is 0 Å². The molecular formula is C11H18ClN3. The first-order chi connectivity index (χ1) is 7.11. The van der Waals surface area contributed by atoms with Gasteiger partial charge in [0.1, 0.15) is 0 Å². The van der Waals surface area contributed by atoms with Crippen molar-refractivity contribution in [2.24, 2.45) is 0 Å². The first-order valence-electron chi connectivity index (χ1n) is 5.59. The SMILES string of the molecule is Cc1nn(C(C)C)c(C2CCCN2)c1Cl. The lowest BCUT2D eigenvalue weighted by atomic mass is 10.1. The zero-order valence-corrected chi connectivity index (χ0v) is 10.3. The highest BCUT2D eigenvalue weighted by Gasteiger charge is 2.25. The summed E-state index contributed by atoms with van der Waals surface area (Å²) in [6.45, 7) is 7.34. The van der Waals surface area contributed by atoms with Crippen molar-refractivity contribution in [1.82, 2.24) is 15.1 Å². The molecule has 0 radical (unpaired) electrons. The van der Waals surface area contributed by atoms with Gasteiger partial charge in [-0.15, -0.1) is 0 Å². The van der Waals surface area contributed by atoms with Crippen molar-refractivity contribution in [3.63, 3.8) is 0 Å². The number of nitrogens with zero attached hydrogens (tertiary/aromatic N) is 2. The van der Waals surface area contributed by atoms with E-state index in [1.165, 1.54) is 12.1 Å². The van der Waals surface area contributed by atoms with Gasteiger partial charge in [0.2, 0.25) is 0 Å². The fourth-order valence-electron chi connectivity index (χ4n) is 2.17. The largest absolute Gasteiger partial charge is 0.309 e. The molecule has 1 aliphatic rings. The van der Waals surface area contributed by atoms with E-state index in [1.54, 1.807) is 0 Å². The third-order valence-corrected chi connectivity index (χ3v) is 3.39. The summed E-state index contributed by atoms with van der Waals surface area (Å²) in [5.41, 5.74) is 2.11. The molecule has 0 spiro atoms. The van der Waals surface area contributed by atoms with E-state index < -0.39 is 0 Å². The Bertz CT molecular complexity index is 351. The van der Waals surface area contributed by atoms with E-state index in [4.69, 9.17) is 11.6 Å². The number of hydrogen-bond acceptors (Lipinski definition) is 2. The molecule has 1 aromatic rings. The van der Waals surface area contributed by atoms with Gasteiger partial charge < -0.3 is 5.32 Å². The number of aromatic nitrogens is 2. The van der Waals surface area contributed by atoms with Crippen LogP contribution in [0.5, 0.6) is 0 Å². The standard InChI is InChI=1S/C11H18ClN3/c1-7(2)15-11(9-5-4-6-13-9)10(12)8(3)14-15/h7,9,13H,4-6H2,1-3H3. The van der Waals surface area contributed by atoms with Crippen LogP contribution in [0.2, 0.25) is 5.02 Å². The van der Waals surface area contributed by atoms with E-state index in [0.717, 1.165) is 23.7 Å². The number of nitrogens with one attached hydrogen (secondary N) is 1. The Hall–Kier alpha value is -0.540. The molecule has 0 aliphatic carbocycles. The second kappa shape index (κ2) is 4.14. The average molecular weight is 228 g/mol. The van der Waals surface area contributed by atoms with Crippen molar-refractivity contribution in [2.75, 3.05) is 6.54 Å². The van der Waals surface area contributed by atoms with E-state index in [9.17, 15) is 0 Å². The smallest absolute Gasteiger partial charge is 0.0863 e. The second-order valence-corrected chi connectivity index (χ2v) is 4.85. The molecule has 1 fully saturated rings. The third kappa shape index (κ3) is 1.91. The number of aryl methyl sites for hydroxylation is 1. The maximum Gasteiger partial charge on any atom is 0.0863 e. The van der Waals surface area contributed by atoms with Crippen LogP contribution in [0.25, 0.3) is 0 Å². The minimum Gasteiger partial charge on any atom is -0.309 e. The Labute approximate surface area is 95.8 Å². The molecule has 0 aromatic carbocycles. The molecule has 0 saturated carbocycles. The summed E-state index contributed by atoms with van der Waals surface area (Å²) in [6, 6.07) is 0.759. The molecule has 1 unspecified atom stereocenters. The van der Waals surface area contributed by atoms with Gasteiger partial charge >= 0.3 is 0 Å². The Morgan fingerprint density at radius 3 is 2.80 bits per heavy atom. The summed E-state index contributed by atoms with van der Waals surface area (Å²) in [5, 5.41) is 8.81. The van der Waals surface area contributed by atoms with Crippen molar-refractivity contribution < 1.29 is 0 Å². The highest BCUT2D eigenvalue weighted by atomic mass is 35.5. The minimum atomic E-state index is 0.369. The monoisotopic (exact) mass is 227 g/mol. The summed E-state index contributed by atoms with van der Waals surface area (Å²) in [4.78, 5) is 0. The molecule has 4 heteroatoms. The van der Waals surface area contributed by atoms with Gasteiger partial charge in [0.15, 0.2) is 0 Å². The molecule has 0 bridgehead atoms. The number of halogens is 1. The van der Waals surface area contributed by atoms with Gasteiger partial charge in [-0.25, -0.2) is 0 Å². The van der Waals surface area contributed by atoms with Crippen molar-refractivity contribution in [3.8, 4) is 0 Å². The van der Waals surface area contributed by atoms with Gasteiger partial charge in [-0.1, -0.05) is 11.6 Å². The zero-order valence-electron chi connectivity index (χ0n) is 9.55. The first-order valence-corrected chi connectivity index (χ1v) is 5.97. The maximum absolute atomic E-state index is 6.31. The lowest BCUT2D eigenvalue weighted by Crippen LogP contribution is -2.19. The number of hydrogen-bond donors (Lipinski definition) is 1. The molecule has 2 rings (SSSR count). The first kappa shape index (κ1) is 11.0. The Morgan fingerprint density at radius 2 is 2.27 bits per heavy atom. The summed E-state index contributed by atoms with van der Waals surface area (Å²) in [6.07, 6.45) is 2.39.